The summed E-state index contributed by atoms with van der Waals surface area (Å²) in [5, 5.41) is 2.14. The molecule has 0 aromatic rings. The van der Waals surface area contributed by atoms with Gasteiger partial charge >= 0.3 is 0 Å². The van der Waals surface area contributed by atoms with Crippen molar-refractivity contribution in [2.75, 3.05) is 0 Å². The molecule has 1 radical (unpaired) electrons. The van der Waals surface area contributed by atoms with Gasteiger partial charge in [0, 0.05) is 10.8 Å². The first-order valence-electron chi connectivity index (χ1n) is 1.72. The Morgan fingerprint density at radius 1 is 1.43 bits per heavy atom. The van der Waals surface area contributed by atoms with Gasteiger partial charge in [0.15, 0.2) is 9.84 Å². The van der Waals surface area contributed by atoms with Gasteiger partial charge < -0.3 is 0 Å². The van der Waals surface area contributed by atoms with E-state index in [1.807, 2.05) is 0 Å². The molecule has 0 spiro atoms. The average molecular weight is 115 g/mol. The number of hydrogen-bond acceptors (Lipinski definition) is 2. The van der Waals surface area contributed by atoms with Gasteiger partial charge in [-0.25, -0.2) is 8.42 Å². The molecule has 1 aliphatic rings. The number of allylic oxidation sites excluding steroid dienone is 2. The van der Waals surface area contributed by atoms with Crippen molar-refractivity contribution < 1.29 is 8.42 Å². The summed E-state index contributed by atoms with van der Waals surface area (Å²) in [5.41, 5.74) is 0. The molecule has 1 heterocycles. The maximum absolute atomic E-state index is 10.2. The lowest BCUT2D eigenvalue weighted by Crippen LogP contribution is -1.80. The summed E-state index contributed by atoms with van der Waals surface area (Å²) in [6, 6.07) is 0. The molecule has 0 fully saturated rings. The minimum atomic E-state index is -2.96. The van der Waals surface area contributed by atoms with E-state index in [1.54, 1.807) is 0 Å². The van der Waals surface area contributed by atoms with E-state index in [9.17, 15) is 8.42 Å². The van der Waals surface area contributed by atoms with Crippen LogP contribution in [-0.4, -0.2) is 8.42 Å². The average Bonchev–Trinajstić information content (AvgIpc) is 1.84. The number of hydrogen-bond donors (Lipinski definition) is 0. The second-order valence-electron chi connectivity index (χ2n) is 1.18. The zero-order chi connectivity index (χ0) is 5.33. The second kappa shape index (κ2) is 1.20. The van der Waals surface area contributed by atoms with Crippen molar-refractivity contribution in [3.05, 3.63) is 23.0 Å². The van der Waals surface area contributed by atoms with Gasteiger partial charge in [-0.15, -0.1) is 0 Å². The maximum atomic E-state index is 10.2. The summed E-state index contributed by atoms with van der Waals surface area (Å²) in [5.74, 6) is 0. The predicted octanol–water partition coefficient (Wildman–Crippen LogP) is 0.245. The number of rotatable bonds is 0. The Bertz CT molecular complexity index is 190. The molecule has 0 aromatic heterocycles. The molecule has 2 nitrogen and oxygen atoms in total. The predicted molar refractivity (Wildman–Crippen MR) is 25.9 cm³/mol. The van der Waals surface area contributed by atoms with E-state index in [2.05, 4.69) is 6.08 Å². The molecule has 0 unspecified atom stereocenters. The monoisotopic (exact) mass is 115 g/mol. The first-order chi connectivity index (χ1) is 3.21. The van der Waals surface area contributed by atoms with Crippen molar-refractivity contribution in [1.82, 2.24) is 0 Å². The molecule has 7 heavy (non-hydrogen) atoms. The van der Waals surface area contributed by atoms with Crippen molar-refractivity contribution >= 4 is 9.84 Å². The first kappa shape index (κ1) is 4.59. The summed E-state index contributed by atoms with van der Waals surface area (Å²) < 4.78 is 20.5. The molecular weight excluding hydrogens is 112 g/mol. The van der Waals surface area contributed by atoms with Crippen LogP contribution in [0.25, 0.3) is 0 Å². The molecule has 1 aliphatic heterocycles. The zero-order valence-corrected chi connectivity index (χ0v) is 4.27. The van der Waals surface area contributed by atoms with Gasteiger partial charge in [-0.3, -0.25) is 0 Å². The van der Waals surface area contributed by atoms with Crippen LogP contribution in [0.2, 0.25) is 0 Å². The second-order valence-corrected chi connectivity index (χ2v) is 2.86. The van der Waals surface area contributed by atoms with Crippen molar-refractivity contribution in [1.29, 1.82) is 0 Å². The van der Waals surface area contributed by atoms with Crippen molar-refractivity contribution in [2.45, 2.75) is 0 Å². The van der Waals surface area contributed by atoms with Crippen LogP contribution in [0.5, 0.6) is 0 Å². The van der Waals surface area contributed by atoms with Gasteiger partial charge in [0.2, 0.25) is 0 Å². The summed E-state index contributed by atoms with van der Waals surface area (Å²) in [7, 11) is -2.96. The largest absolute Gasteiger partial charge is 0.220 e. The number of sulfone groups is 1. The molecule has 37 valence electrons. The summed E-state index contributed by atoms with van der Waals surface area (Å²) >= 11 is 0. The maximum Gasteiger partial charge on any atom is 0.193 e. The third kappa shape index (κ3) is 0.899. The van der Waals surface area contributed by atoms with Crippen molar-refractivity contribution in [3.8, 4) is 0 Å². The van der Waals surface area contributed by atoms with E-state index in [0.29, 0.717) is 0 Å². The summed E-state index contributed by atoms with van der Waals surface area (Å²) in [6.07, 6.45) is 3.79. The topological polar surface area (TPSA) is 34.1 Å². The van der Waals surface area contributed by atoms with Crippen LogP contribution in [0.15, 0.2) is 16.9 Å². The highest BCUT2D eigenvalue weighted by Crippen LogP contribution is 2.00. The fourth-order valence-corrected chi connectivity index (χ4v) is 0.923. The van der Waals surface area contributed by atoms with Crippen LogP contribution in [-0.2, 0) is 9.84 Å². The van der Waals surface area contributed by atoms with Gasteiger partial charge in [0.25, 0.3) is 0 Å². The van der Waals surface area contributed by atoms with E-state index < -0.39 is 9.84 Å². The van der Waals surface area contributed by atoms with E-state index >= 15 is 0 Å². The molecule has 0 saturated heterocycles. The SMILES string of the molecule is O=S1(=O)C=[C]C=C1. The smallest absolute Gasteiger partial charge is 0.193 e. The molecule has 3 heteroatoms. The Morgan fingerprint density at radius 3 is 2.29 bits per heavy atom. The minimum absolute atomic E-state index is 1.03. The highest BCUT2D eigenvalue weighted by atomic mass is 32.2. The molecular formula is C4H3O2S. The Kier molecular flexibility index (Phi) is 0.785. The molecule has 0 bridgehead atoms. The van der Waals surface area contributed by atoms with E-state index in [4.69, 9.17) is 0 Å². The molecule has 0 atom stereocenters. The van der Waals surface area contributed by atoms with Gasteiger partial charge in [-0.2, -0.15) is 0 Å². The fourth-order valence-electron chi connectivity index (χ4n) is 0.308. The standard InChI is InChI=1S/C4H3O2S/c5-7(6)3-1-2-4-7/h1,3-4H. The Morgan fingerprint density at radius 2 is 2.14 bits per heavy atom. The van der Waals surface area contributed by atoms with Gasteiger partial charge in [-0.1, -0.05) is 0 Å². The quantitative estimate of drug-likeness (QED) is 0.453. The van der Waals surface area contributed by atoms with Crippen LogP contribution in [0.3, 0.4) is 0 Å². The Hall–Kier alpha value is -0.570. The summed E-state index contributed by atoms with van der Waals surface area (Å²) in [6.45, 7) is 0. The van der Waals surface area contributed by atoms with Crippen LogP contribution in [0.4, 0.5) is 0 Å². The molecule has 0 N–H and O–H groups in total. The van der Waals surface area contributed by atoms with Gasteiger partial charge in [0.1, 0.15) is 0 Å². The lowest BCUT2D eigenvalue weighted by atomic mass is 10.6. The molecule has 0 saturated carbocycles. The molecule has 1 rings (SSSR count). The Labute approximate surface area is 42.1 Å². The molecule has 0 amide bonds. The Balaban J connectivity index is 3.25. The zero-order valence-electron chi connectivity index (χ0n) is 3.46. The van der Waals surface area contributed by atoms with Crippen LogP contribution in [0.1, 0.15) is 0 Å². The van der Waals surface area contributed by atoms with E-state index in [1.165, 1.54) is 6.08 Å². The van der Waals surface area contributed by atoms with E-state index in [0.717, 1.165) is 10.8 Å². The van der Waals surface area contributed by atoms with Gasteiger partial charge in [-0.05, 0) is 12.2 Å². The van der Waals surface area contributed by atoms with Crippen LogP contribution < -0.4 is 0 Å². The van der Waals surface area contributed by atoms with Crippen molar-refractivity contribution in [2.24, 2.45) is 0 Å². The molecule has 0 aliphatic carbocycles. The lowest BCUT2D eigenvalue weighted by molar-refractivity contribution is 0.613. The fraction of sp³-hybridized carbons (Fsp3) is 0. The van der Waals surface area contributed by atoms with E-state index in [-0.39, 0.29) is 0 Å². The highest BCUT2D eigenvalue weighted by molar-refractivity contribution is 7.97. The van der Waals surface area contributed by atoms with Gasteiger partial charge in [0.05, 0.1) is 0 Å². The minimum Gasteiger partial charge on any atom is -0.220 e. The highest BCUT2D eigenvalue weighted by Gasteiger charge is 2.00. The van der Waals surface area contributed by atoms with Crippen LogP contribution >= 0.6 is 0 Å². The first-order valence-corrected chi connectivity index (χ1v) is 3.32. The van der Waals surface area contributed by atoms with Crippen molar-refractivity contribution in [3.63, 3.8) is 0 Å². The van der Waals surface area contributed by atoms with Crippen LogP contribution in [0, 0.1) is 6.08 Å². The molecule has 0 aromatic carbocycles. The summed E-state index contributed by atoms with van der Waals surface area (Å²) in [4.78, 5) is 0. The lowest BCUT2D eigenvalue weighted by Gasteiger charge is -1.73. The third-order valence-corrected chi connectivity index (χ3v) is 1.57. The third-order valence-electron chi connectivity index (χ3n) is 0.586. The normalized spacial score (nSPS) is 23.4.